The molecule has 2 amide bonds. The minimum absolute atomic E-state index is 0.105. The number of amides is 2. The summed E-state index contributed by atoms with van der Waals surface area (Å²) in [6.07, 6.45) is 8.51. The fourth-order valence-corrected chi connectivity index (χ4v) is 5.30. The Morgan fingerprint density at radius 1 is 1.14 bits per heavy atom. The molecule has 35 heavy (non-hydrogen) atoms. The second-order valence-electron chi connectivity index (χ2n) is 9.99. The van der Waals surface area contributed by atoms with Crippen molar-refractivity contribution in [3.8, 4) is 0 Å². The number of rotatable bonds is 8. The molecule has 6 nitrogen and oxygen atoms in total. The van der Waals surface area contributed by atoms with Crippen LogP contribution < -0.4 is 20.4 Å². The Hall–Kier alpha value is -3.03. The molecule has 0 bridgehead atoms. The van der Waals surface area contributed by atoms with Gasteiger partial charge in [-0.25, -0.2) is 4.79 Å². The van der Waals surface area contributed by atoms with Crippen LogP contribution in [0.4, 0.5) is 16.2 Å². The van der Waals surface area contributed by atoms with Gasteiger partial charge in [0.1, 0.15) is 0 Å². The quantitative estimate of drug-likeness (QED) is 0.440. The molecule has 1 fully saturated rings. The van der Waals surface area contributed by atoms with Crippen molar-refractivity contribution in [1.29, 1.82) is 0 Å². The van der Waals surface area contributed by atoms with Crippen molar-refractivity contribution in [2.45, 2.75) is 37.6 Å². The topological polar surface area (TPSA) is 56.8 Å². The van der Waals surface area contributed by atoms with Crippen molar-refractivity contribution in [2.24, 2.45) is 0 Å². The minimum atomic E-state index is -0.525. The van der Waals surface area contributed by atoms with Gasteiger partial charge in [0.25, 0.3) is 0 Å². The van der Waals surface area contributed by atoms with E-state index >= 15 is 0 Å². The molecule has 7 heteroatoms. The van der Waals surface area contributed by atoms with Gasteiger partial charge in [-0.3, -0.25) is 0 Å². The maximum absolute atomic E-state index is 12.0. The van der Waals surface area contributed by atoms with E-state index in [0.717, 1.165) is 40.5 Å². The molecule has 4 rings (SSSR count). The van der Waals surface area contributed by atoms with Crippen molar-refractivity contribution in [3.05, 3.63) is 77.4 Å². The minimum Gasteiger partial charge on any atom is -0.378 e. The number of nitrogens with one attached hydrogen (secondary N) is 2. The maximum Gasteiger partial charge on any atom is 0.315 e. The SMILES string of the molecule is CN(C)c1ccc(C=CC=CC23OCCN2c2cc(CNC(=O)NCC[SiH3])ccc2C3(C)C)cc1. The van der Waals surface area contributed by atoms with Crippen LogP contribution in [-0.4, -0.2) is 55.8 Å². The molecule has 2 aliphatic rings. The highest BCUT2D eigenvalue weighted by Crippen LogP contribution is 2.55. The van der Waals surface area contributed by atoms with Crippen LogP contribution in [0.25, 0.3) is 6.08 Å². The summed E-state index contributed by atoms with van der Waals surface area (Å²) in [5, 5.41) is 5.87. The van der Waals surface area contributed by atoms with Crippen LogP contribution >= 0.6 is 0 Å². The van der Waals surface area contributed by atoms with Crippen LogP contribution in [0.3, 0.4) is 0 Å². The summed E-state index contributed by atoms with van der Waals surface area (Å²) in [7, 11) is 5.19. The van der Waals surface area contributed by atoms with Gasteiger partial charge in [0.15, 0.2) is 5.72 Å². The maximum atomic E-state index is 12.0. The molecule has 1 unspecified atom stereocenters. The first-order valence-corrected chi connectivity index (χ1v) is 13.9. The number of hydrogen-bond acceptors (Lipinski definition) is 4. The number of fused-ring (bicyclic) bond motifs is 3. The average Bonchev–Trinajstić information content (AvgIpc) is 3.36. The van der Waals surface area contributed by atoms with Crippen molar-refractivity contribution in [2.75, 3.05) is 43.6 Å². The van der Waals surface area contributed by atoms with Gasteiger partial charge in [-0.2, -0.15) is 0 Å². The van der Waals surface area contributed by atoms with E-state index in [4.69, 9.17) is 4.74 Å². The van der Waals surface area contributed by atoms with Crippen LogP contribution in [0.5, 0.6) is 0 Å². The highest BCUT2D eigenvalue weighted by molar-refractivity contribution is 6.08. The number of carbonyl (C=O) groups excluding carboxylic acids is 1. The van der Waals surface area contributed by atoms with E-state index in [0.29, 0.717) is 13.2 Å². The molecule has 0 aromatic heterocycles. The molecule has 0 radical (unpaired) electrons. The van der Waals surface area contributed by atoms with Crippen LogP contribution in [-0.2, 0) is 16.7 Å². The van der Waals surface area contributed by atoms with E-state index in [1.807, 2.05) is 14.1 Å². The summed E-state index contributed by atoms with van der Waals surface area (Å²) in [6.45, 7) is 7.29. The third-order valence-corrected chi connectivity index (χ3v) is 7.58. The molecular formula is C28H38N4O2Si. The zero-order chi connectivity index (χ0) is 25.1. The van der Waals surface area contributed by atoms with E-state index in [-0.39, 0.29) is 11.4 Å². The molecule has 2 aromatic carbocycles. The van der Waals surface area contributed by atoms with Crippen LogP contribution in [0, 0.1) is 0 Å². The lowest BCUT2D eigenvalue weighted by Crippen LogP contribution is -2.51. The Kier molecular flexibility index (Phi) is 7.38. The molecule has 0 aliphatic carbocycles. The number of benzene rings is 2. The van der Waals surface area contributed by atoms with E-state index in [1.54, 1.807) is 0 Å². The van der Waals surface area contributed by atoms with Crippen LogP contribution in [0.1, 0.15) is 30.5 Å². The first kappa shape index (κ1) is 25.1. The molecule has 0 spiro atoms. The van der Waals surface area contributed by atoms with Crippen molar-refractivity contribution < 1.29 is 9.53 Å². The number of urea groups is 1. The smallest absolute Gasteiger partial charge is 0.315 e. The predicted octanol–water partition coefficient (Wildman–Crippen LogP) is 3.43. The van der Waals surface area contributed by atoms with Crippen molar-refractivity contribution in [3.63, 3.8) is 0 Å². The Labute approximate surface area is 212 Å². The molecule has 0 saturated carbocycles. The fourth-order valence-electron chi connectivity index (χ4n) is 5.05. The molecule has 2 heterocycles. The van der Waals surface area contributed by atoms with E-state index < -0.39 is 5.72 Å². The Morgan fingerprint density at radius 2 is 1.91 bits per heavy atom. The lowest BCUT2D eigenvalue weighted by atomic mass is 9.77. The van der Waals surface area contributed by atoms with Crippen molar-refractivity contribution in [1.82, 2.24) is 10.6 Å². The van der Waals surface area contributed by atoms with Gasteiger partial charge < -0.3 is 25.2 Å². The fraction of sp³-hybridized carbons (Fsp3) is 0.393. The van der Waals surface area contributed by atoms with E-state index in [2.05, 4.69) is 101 Å². The summed E-state index contributed by atoms with van der Waals surface area (Å²) in [6, 6.07) is 16.0. The number of ether oxygens (including phenoxy) is 1. The van der Waals surface area contributed by atoms with E-state index in [9.17, 15) is 4.79 Å². The van der Waals surface area contributed by atoms with Gasteiger partial charge in [-0.1, -0.05) is 56.3 Å². The van der Waals surface area contributed by atoms with Gasteiger partial charge in [-0.15, -0.1) is 0 Å². The molecule has 186 valence electrons. The predicted molar refractivity (Wildman–Crippen MR) is 149 cm³/mol. The van der Waals surface area contributed by atoms with Crippen LogP contribution in [0.15, 0.2) is 60.7 Å². The Bertz CT molecular complexity index is 1110. The lowest BCUT2D eigenvalue weighted by Gasteiger charge is -2.39. The number of carbonyl (C=O) groups is 1. The number of nitrogens with zero attached hydrogens (tertiary/aromatic N) is 2. The summed E-state index contributed by atoms with van der Waals surface area (Å²) < 4.78 is 6.46. The largest absolute Gasteiger partial charge is 0.378 e. The molecular weight excluding hydrogens is 452 g/mol. The second-order valence-corrected chi connectivity index (χ2v) is 11.0. The first-order valence-electron chi connectivity index (χ1n) is 12.5. The molecule has 1 saturated heterocycles. The monoisotopic (exact) mass is 490 g/mol. The summed E-state index contributed by atoms with van der Waals surface area (Å²) in [5.74, 6) is 0. The van der Waals surface area contributed by atoms with Gasteiger partial charge in [0.2, 0.25) is 0 Å². The van der Waals surface area contributed by atoms with Gasteiger partial charge >= 0.3 is 6.03 Å². The molecule has 2 aromatic rings. The molecule has 2 aliphatic heterocycles. The summed E-state index contributed by atoms with van der Waals surface area (Å²) >= 11 is 0. The lowest BCUT2D eigenvalue weighted by molar-refractivity contribution is -0.000291. The highest BCUT2D eigenvalue weighted by Gasteiger charge is 2.59. The highest BCUT2D eigenvalue weighted by atomic mass is 28.1. The van der Waals surface area contributed by atoms with Gasteiger partial charge in [0, 0.05) is 60.8 Å². The van der Waals surface area contributed by atoms with Crippen LogP contribution in [0.2, 0.25) is 6.04 Å². The first-order chi connectivity index (χ1) is 16.8. The van der Waals surface area contributed by atoms with Crippen molar-refractivity contribution >= 4 is 33.7 Å². The normalized spacial score (nSPS) is 20.4. The average molecular weight is 491 g/mol. The number of hydrogen-bond donors (Lipinski definition) is 2. The summed E-state index contributed by atoms with van der Waals surface area (Å²) in [4.78, 5) is 16.5. The third kappa shape index (κ3) is 4.88. The van der Waals surface area contributed by atoms with E-state index in [1.165, 1.54) is 16.9 Å². The summed E-state index contributed by atoms with van der Waals surface area (Å²) in [5.41, 5.74) is 5.17. The second kappa shape index (κ2) is 10.3. The number of anilines is 2. The molecule has 2 N–H and O–H groups in total. The third-order valence-electron chi connectivity index (χ3n) is 7.08. The Morgan fingerprint density at radius 3 is 2.63 bits per heavy atom. The van der Waals surface area contributed by atoms with Gasteiger partial charge in [0.05, 0.1) is 6.61 Å². The molecule has 1 atom stereocenters. The zero-order valence-corrected chi connectivity index (χ0v) is 23.6. The Balaban J connectivity index is 1.51. The zero-order valence-electron chi connectivity index (χ0n) is 21.6. The number of allylic oxidation sites excluding steroid dienone is 2. The standard InChI is InChI=1S/C28H38N4O2Si/c1-27(2)24-13-10-22(20-30-26(33)29-15-18-35)19-25(24)32-16-17-34-28(27,32)14-6-5-7-21-8-11-23(12-9-21)31(3)4/h5-14,19H,15-18,20H2,1-4,35H3,(H2,29,30,33). The van der Waals surface area contributed by atoms with Gasteiger partial charge in [-0.05, 0) is 47.0 Å².